The number of ketones is 1. The topological polar surface area (TPSA) is 39.2 Å². The van der Waals surface area contributed by atoms with Crippen molar-refractivity contribution >= 4 is 28.3 Å². The first-order chi connectivity index (χ1) is 10.2. The van der Waals surface area contributed by atoms with Crippen LogP contribution in [0.2, 0.25) is 5.02 Å². The molecule has 0 aliphatic rings. The van der Waals surface area contributed by atoms with Crippen molar-refractivity contribution in [2.75, 3.05) is 7.11 Å². The normalized spacial score (nSPS) is 10.6. The zero-order valence-electron chi connectivity index (χ0n) is 11.3. The van der Waals surface area contributed by atoms with Gasteiger partial charge in [-0.3, -0.25) is 9.78 Å². The minimum absolute atomic E-state index is 0.152. The zero-order valence-corrected chi connectivity index (χ0v) is 12.1. The molecular formula is C17H12ClNO2. The van der Waals surface area contributed by atoms with Crippen molar-refractivity contribution in [3.8, 4) is 5.75 Å². The molecule has 1 aromatic heterocycles. The van der Waals surface area contributed by atoms with Crippen LogP contribution >= 0.6 is 11.6 Å². The Morgan fingerprint density at radius 1 is 1.10 bits per heavy atom. The monoisotopic (exact) mass is 297 g/mol. The molecule has 0 amide bonds. The summed E-state index contributed by atoms with van der Waals surface area (Å²) in [6.45, 7) is 0. The van der Waals surface area contributed by atoms with E-state index in [1.54, 1.807) is 31.4 Å². The van der Waals surface area contributed by atoms with Crippen LogP contribution in [0.4, 0.5) is 0 Å². The highest BCUT2D eigenvalue weighted by molar-refractivity contribution is 6.39. The maximum atomic E-state index is 12.5. The number of rotatable bonds is 3. The maximum absolute atomic E-state index is 12.5. The number of methoxy groups -OCH3 is 1. The Labute approximate surface area is 127 Å². The number of carbonyl (C=O) groups is 1. The number of pyridine rings is 1. The van der Waals surface area contributed by atoms with Gasteiger partial charge >= 0.3 is 0 Å². The number of fused-ring (bicyclic) bond motifs is 1. The number of nitrogens with zero attached hydrogens (tertiary/aromatic N) is 1. The van der Waals surface area contributed by atoms with Gasteiger partial charge in [-0.25, -0.2) is 0 Å². The fourth-order valence-electron chi connectivity index (χ4n) is 2.16. The summed E-state index contributed by atoms with van der Waals surface area (Å²) in [6, 6.07) is 14.4. The molecule has 0 aliphatic heterocycles. The fraction of sp³-hybridized carbons (Fsp3) is 0.0588. The smallest absolute Gasteiger partial charge is 0.196 e. The second-order valence-electron chi connectivity index (χ2n) is 4.56. The van der Waals surface area contributed by atoms with Gasteiger partial charge in [0.05, 0.1) is 23.2 Å². The Morgan fingerprint density at radius 3 is 2.52 bits per heavy atom. The minimum atomic E-state index is -0.152. The third-order valence-corrected chi connectivity index (χ3v) is 3.71. The van der Waals surface area contributed by atoms with Crippen LogP contribution in [0.5, 0.6) is 5.75 Å². The van der Waals surface area contributed by atoms with E-state index in [1.807, 2.05) is 24.3 Å². The van der Waals surface area contributed by atoms with Gasteiger partial charge < -0.3 is 4.74 Å². The van der Waals surface area contributed by atoms with Gasteiger partial charge in [0.25, 0.3) is 0 Å². The van der Waals surface area contributed by atoms with Crippen LogP contribution < -0.4 is 4.74 Å². The molecule has 0 bridgehead atoms. The van der Waals surface area contributed by atoms with E-state index >= 15 is 0 Å². The summed E-state index contributed by atoms with van der Waals surface area (Å²) in [4.78, 5) is 16.8. The van der Waals surface area contributed by atoms with Crippen LogP contribution in [0.15, 0.2) is 54.7 Å². The molecule has 0 unspecified atom stereocenters. The van der Waals surface area contributed by atoms with Crippen molar-refractivity contribution < 1.29 is 9.53 Å². The predicted octanol–water partition coefficient (Wildman–Crippen LogP) is 4.13. The largest absolute Gasteiger partial charge is 0.497 e. The Hall–Kier alpha value is -2.39. The molecule has 21 heavy (non-hydrogen) atoms. The van der Waals surface area contributed by atoms with E-state index in [2.05, 4.69) is 4.98 Å². The van der Waals surface area contributed by atoms with Crippen molar-refractivity contribution in [2.45, 2.75) is 0 Å². The van der Waals surface area contributed by atoms with Gasteiger partial charge in [-0.05, 0) is 30.3 Å². The zero-order chi connectivity index (χ0) is 14.8. The highest BCUT2D eigenvalue weighted by atomic mass is 35.5. The molecule has 0 aliphatic carbocycles. The van der Waals surface area contributed by atoms with Gasteiger partial charge in [-0.1, -0.05) is 29.8 Å². The third-order valence-electron chi connectivity index (χ3n) is 3.31. The summed E-state index contributed by atoms with van der Waals surface area (Å²) in [5.74, 6) is 0.551. The average molecular weight is 298 g/mol. The summed E-state index contributed by atoms with van der Waals surface area (Å²) in [7, 11) is 1.58. The molecule has 0 fully saturated rings. The van der Waals surface area contributed by atoms with E-state index in [-0.39, 0.29) is 5.78 Å². The number of para-hydroxylation sites is 1. The summed E-state index contributed by atoms with van der Waals surface area (Å²) in [6.07, 6.45) is 1.53. The lowest BCUT2D eigenvalue weighted by Crippen LogP contribution is -2.03. The second kappa shape index (κ2) is 5.54. The van der Waals surface area contributed by atoms with Gasteiger partial charge in [0.1, 0.15) is 5.75 Å². The molecule has 1 heterocycles. The average Bonchev–Trinajstić information content (AvgIpc) is 2.55. The number of hydrogen-bond acceptors (Lipinski definition) is 3. The minimum Gasteiger partial charge on any atom is -0.497 e. The van der Waals surface area contributed by atoms with Crippen molar-refractivity contribution in [2.24, 2.45) is 0 Å². The van der Waals surface area contributed by atoms with Gasteiger partial charge in [0, 0.05) is 17.1 Å². The van der Waals surface area contributed by atoms with Crippen molar-refractivity contribution in [3.63, 3.8) is 0 Å². The molecule has 0 radical (unpaired) electrons. The Kier molecular flexibility index (Phi) is 3.59. The van der Waals surface area contributed by atoms with Crippen molar-refractivity contribution in [3.05, 3.63) is 70.9 Å². The molecule has 3 aromatic rings. The van der Waals surface area contributed by atoms with Crippen LogP contribution in [0.1, 0.15) is 15.9 Å². The molecule has 104 valence electrons. The van der Waals surface area contributed by atoms with Crippen LogP contribution in [-0.2, 0) is 0 Å². The summed E-state index contributed by atoms with van der Waals surface area (Å²) in [5.41, 5.74) is 1.73. The first-order valence-electron chi connectivity index (χ1n) is 6.42. The lowest BCUT2D eigenvalue weighted by Gasteiger charge is -2.07. The molecule has 2 aromatic carbocycles. The van der Waals surface area contributed by atoms with Crippen LogP contribution in [-0.4, -0.2) is 17.9 Å². The summed E-state index contributed by atoms with van der Waals surface area (Å²) in [5, 5.41) is 1.21. The second-order valence-corrected chi connectivity index (χ2v) is 4.94. The summed E-state index contributed by atoms with van der Waals surface area (Å²) >= 11 is 6.36. The Balaban J connectivity index is 2.06. The first-order valence-corrected chi connectivity index (χ1v) is 6.80. The summed E-state index contributed by atoms with van der Waals surface area (Å²) < 4.78 is 5.09. The number of hydrogen-bond donors (Lipinski definition) is 0. The number of benzene rings is 2. The molecular weight excluding hydrogens is 286 g/mol. The third kappa shape index (κ3) is 2.48. The van der Waals surface area contributed by atoms with Crippen molar-refractivity contribution in [1.29, 1.82) is 0 Å². The van der Waals surface area contributed by atoms with E-state index in [0.29, 0.717) is 21.9 Å². The predicted molar refractivity (Wildman–Crippen MR) is 83.2 cm³/mol. The number of halogens is 1. The van der Waals surface area contributed by atoms with E-state index < -0.39 is 0 Å². The van der Waals surface area contributed by atoms with Crippen LogP contribution in [0, 0.1) is 0 Å². The highest BCUT2D eigenvalue weighted by Crippen LogP contribution is 2.27. The number of aromatic nitrogens is 1. The maximum Gasteiger partial charge on any atom is 0.196 e. The van der Waals surface area contributed by atoms with E-state index in [0.717, 1.165) is 10.9 Å². The number of ether oxygens (including phenoxy) is 1. The van der Waals surface area contributed by atoms with Crippen molar-refractivity contribution in [1.82, 2.24) is 4.98 Å². The standard InChI is InChI=1S/C17H12ClNO2/c1-21-12-8-6-11(7-9-12)17(20)14-10-19-15-5-3-2-4-13(15)16(14)18/h2-10H,1H3. The molecule has 0 atom stereocenters. The van der Waals surface area contributed by atoms with Crippen LogP contribution in [0.25, 0.3) is 10.9 Å². The lowest BCUT2D eigenvalue weighted by molar-refractivity contribution is 0.103. The van der Waals surface area contributed by atoms with E-state index in [9.17, 15) is 4.79 Å². The van der Waals surface area contributed by atoms with Gasteiger partial charge in [-0.15, -0.1) is 0 Å². The fourth-order valence-corrected chi connectivity index (χ4v) is 2.46. The molecule has 0 spiro atoms. The molecule has 3 rings (SSSR count). The van der Waals surface area contributed by atoms with Gasteiger partial charge in [0.2, 0.25) is 0 Å². The lowest BCUT2D eigenvalue weighted by atomic mass is 10.0. The SMILES string of the molecule is COc1ccc(C(=O)c2cnc3ccccc3c2Cl)cc1. The molecule has 0 saturated carbocycles. The number of carbonyl (C=O) groups excluding carboxylic acids is 1. The quantitative estimate of drug-likeness (QED) is 0.682. The Bertz CT molecular complexity index is 813. The molecule has 3 nitrogen and oxygen atoms in total. The molecule has 0 N–H and O–H groups in total. The Morgan fingerprint density at radius 2 is 1.81 bits per heavy atom. The molecule has 0 saturated heterocycles. The highest BCUT2D eigenvalue weighted by Gasteiger charge is 2.15. The first kappa shape index (κ1) is 13.6. The molecule has 4 heteroatoms. The van der Waals surface area contributed by atoms with Gasteiger partial charge in [0.15, 0.2) is 5.78 Å². The van der Waals surface area contributed by atoms with Gasteiger partial charge in [-0.2, -0.15) is 0 Å². The van der Waals surface area contributed by atoms with E-state index in [4.69, 9.17) is 16.3 Å². The van der Waals surface area contributed by atoms with E-state index in [1.165, 1.54) is 6.20 Å². The van der Waals surface area contributed by atoms with Crippen LogP contribution in [0.3, 0.4) is 0 Å².